The molecule has 0 fully saturated rings. The Morgan fingerprint density at radius 2 is 1.84 bits per heavy atom. The number of anilines is 1. The summed E-state index contributed by atoms with van der Waals surface area (Å²) in [5.41, 5.74) is 6.22. The van der Waals surface area contributed by atoms with Crippen LogP contribution in [-0.2, 0) is 19.5 Å². The Balaban J connectivity index is 1.18. The number of H-pyrrole nitrogens is 1. The Bertz CT molecular complexity index is 1420. The number of nitrogens with one attached hydrogen (secondary N) is 2. The van der Waals surface area contributed by atoms with E-state index in [0.29, 0.717) is 12.1 Å². The van der Waals surface area contributed by atoms with Crippen molar-refractivity contribution >= 4 is 43.6 Å². The van der Waals surface area contributed by atoms with Crippen LogP contribution in [0.4, 0.5) is 5.13 Å². The zero-order valence-corrected chi connectivity index (χ0v) is 18.2. The molecule has 0 spiro atoms. The number of thiazole rings is 1. The lowest BCUT2D eigenvalue weighted by Crippen LogP contribution is -2.30. The number of aromatic amines is 1. The summed E-state index contributed by atoms with van der Waals surface area (Å²) in [5, 5.41) is 3.97. The van der Waals surface area contributed by atoms with E-state index in [-0.39, 0.29) is 5.91 Å². The zero-order chi connectivity index (χ0) is 21.5. The molecule has 0 radical (unpaired) electrons. The van der Waals surface area contributed by atoms with Crippen LogP contribution in [0.25, 0.3) is 21.3 Å². The van der Waals surface area contributed by atoms with Crippen molar-refractivity contribution in [1.29, 1.82) is 0 Å². The standard InChI is InChI=1S/C25H21N5OS/c31-24(26-14-23-27-19-7-3-4-8-20(19)28-23)17-9-10-21-22(13-17)32-25(29-21)30-12-11-16-5-1-2-6-18(16)15-30/h1-10,13H,11-12,14-15H2,(H,26,31)(H,27,28). The van der Waals surface area contributed by atoms with E-state index in [9.17, 15) is 4.79 Å². The van der Waals surface area contributed by atoms with Gasteiger partial charge in [-0.05, 0) is 47.9 Å². The van der Waals surface area contributed by atoms with Crippen molar-refractivity contribution in [2.45, 2.75) is 19.5 Å². The molecule has 0 atom stereocenters. The molecule has 158 valence electrons. The quantitative estimate of drug-likeness (QED) is 0.427. The summed E-state index contributed by atoms with van der Waals surface area (Å²) in [6.07, 6.45) is 1.03. The van der Waals surface area contributed by atoms with Crippen LogP contribution in [0.2, 0.25) is 0 Å². The van der Waals surface area contributed by atoms with E-state index in [1.807, 2.05) is 42.5 Å². The molecular formula is C25H21N5OS. The maximum Gasteiger partial charge on any atom is 0.251 e. The molecule has 0 aliphatic carbocycles. The van der Waals surface area contributed by atoms with Crippen molar-refractivity contribution < 1.29 is 4.79 Å². The molecule has 0 unspecified atom stereocenters. The van der Waals surface area contributed by atoms with Crippen molar-refractivity contribution in [3.63, 3.8) is 0 Å². The molecular weight excluding hydrogens is 418 g/mol. The molecule has 0 saturated carbocycles. The van der Waals surface area contributed by atoms with Gasteiger partial charge in [0.15, 0.2) is 5.13 Å². The molecule has 32 heavy (non-hydrogen) atoms. The molecule has 1 aliphatic heterocycles. The van der Waals surface area contributed by atoms with Crippen LogP contribution in [0, 0.1) is 0 Å². The Kier molecular flexibility index (Phi) is 4.61. The minimum atomic E-state index is -0.116. The summed E-state index contributed by atoms with van der Waals surface area (Å²) in [4.78, 5) is 27.7. The first-order valence-corrected chi connectivity index (χ1v) is 11.5. The highest BCUT2D eigenvalue weighted by molar-refractivity contribution is 7.22. The molecule has 3 aromatic carbocycles. The van der Waals surface area contributed by atoms with E-state index in [0.717, 1.165) is 51.7 Å². The van der Waals surface area contributed by atoms with Crippen molar-refractivity contribution in [3.05, 3.63) is 89.2 Å². The van der Waals surface area contributed by atoms with Gasteiger partial charge in [-0.2, -0.15) is 0 Å². The van der Waals surface area contributed by atoms with E-state index in [1.54, 1.807) is 11.3 Å². The summed E-state index contributed by atoms with van der Waals surface area (Å²) >= 11 is 1.64. The summed E-state index contributed by atoms with van der Waals surface area (Å²) in [6.45, 7) is 2.19. The maximum absolute atomic E-state index is 12.7. The monoisotopic (exact) mass is 439 g/mol. The van der Waals surface area contributed by atoms with Crippen molar-refractivity contribution in [2.75, 3.05) is 11.4 Å². The van der Waals surface area contributed by atoms with E-state index < -0.39 is 0 Å². The number of imidazole rings is 1. The van der Waals surface area contributed by atoms with E-state index in [2.05, 4.69) is 44.5 Å². The second kappa shape index (κ2) is 7.76. The highest BCUT2D eigenvalue weighted by Gasteiger charge is 2.19. The molecule has 7 heteroatoms. The Labute approximate surface area is 188 Å². The minimum Gasteiger partial charge on any atom is -0.345 e. The van der Waals surface area contributed by atoms with Gasteiger partial charge in [-0.15, -0.1) is 0 Å². The molecule has 5 aromatic rings. The van der Waals surface area contributed by atoms with Crippen molar-refractivity contribution in [3.8, 4) is 0 Å². The molecule has 2 aromatic heterocycles. The van der Waals surface area contributed by atoms with Crippen molar-refractivity contribution in [1.82, 2.24) is 20.3 Å². The van der Waals surface area contributed by atoms with Gasteiger partial charge in [0.05, 0.1) is 27.8 Å². The van der Waals surface area contributed by atoms with Crippen LogP contribution >= 0.6 is 11.3 Å². The fourth-order valence-corrected chi connectivity index (χ4v) is 5.23. The highest BCUT2D eigenvalue weighted by atomic mass is 32.1. The lowest BCUT2D eigenvalue weighted by atomic mass is 10.0. The average Bonchev–Trinajstić information content (AvgIpc) is 3.45. The van der Waals surface area contributed by atoms with Gasteiger partial charge in [-0.3, -0.25) is 4.79 Å². The van der Waals surface area contributed by atoms with Gasteiger partial charge in [-0.1, -0.05) is 47.7 Å². The number of benzene rings is 3. The van der Waals surface area contributed by atoms with Gasteiger partial charge in [0.2, 0.25) is 0 Å². The summed E-state index contributed by atoms with van der Waals surface area (Å²) in [7, 11) is 0. The largest absolute Gasteiger partial charge is 0.345 e. The minimum absolute atomic E-state index is 0.116. The average molecular weight is 440 g/mol. The number of rotatable bonds is 4. The van der Waals surface area contributed by atoms with Crippen LogP contribution < -0.4 is 10.2 Å². The van der Waals surface area contributed by atoms with Gasteiger partial charge in [0.1, 0.15) is 5.82 Å². The molecule has 3 heterocycles. The molecule has 0 bridgehead atoms. The third-order valence-electron chi connectivity index (χ3n) is 5.90. The maximum atomic E-state index is 12.7. The lowest BCUT2D eigenvalue weighted by molar-refractivity contribution is 0.0950. The van der Waals surface area contributed by atoms with Gasteiger partial charge < -0.3 is 15.2 Å². The predicted octanol–water partition coefficient (Wildman–Crippen LogP) is 4.67. The van der Waals surface area contributed by atoms with Gasteiger partial charge in [0, 0.05) is 18.7 Å². The van der Waals surface area contributed by atoms with E-state index in [1.165, 1.54) is 11.1 Å². The van der Waals surface area contributed by atoms with Crippen LogP contribution in [0.15, 0.2) is 66.7 Å². The predicted molar refractivity (Wildman–Crippen MR) is 128 cm³/mol. The van der Waals surface area contributed by atoms with Crippen LogP contribution in [-0.4, -0.2) is 27.4 Å². The van der Waals surface area contributed by atoms with Crippen LogP contribution in [0.3, 0.4) is 0 Å². The summed E-state index contributed by atoms with van der Waals surface area (Å²) < 4.78 is 1.02. The Morgan fingerprint density at radius 1 is 1.00 bits per heavy atom. The number of carbonyl (C=O) groups excluding carboxylic acids is 1. The first-order valence-electron chi connectivity index (χ1n) is 10.7. The normalized spacial score (nSPS) is 13.4. The molecule has 6 nitrogen and oxygen atoms in total. The highest BCUT2D eigenvalue weighted by Crippen LogP contribution is 2.32. The molecule has 2 N–H and O–H groups in total. The molecule has 6 rings (SSSR count). The number of nitrogens with zero attached hydrogens (tertiary/aromatic N) is 3. The summed E-state index contributed by atoms with van der Waals surface area (Å²) in [5.74, 6) is 0.625. The third kappa shape index (κ3) is 3.50. The lowest BCUT2D eigenvalue weighted by Gasteiger charge is -2.28. The number of hydrogen-bond acceptors (Lipinski definition) is 5. The second-order valence-corrected chi connectivity index (χ2v) is 9.01. The first kappa shape index (κ1) is 19.0. The fourth-order valence-electron chi connectivity index (χ4n) is 4.20. The van der Waals surface area contributed by atoms with Crippen LogP contribution in [0.1, 0.15) is 27.3 Å². The SMILES string of the molecule is O=C(NCc1nc2ccccc2[nH]1)c1ccc2nc(N3CCc4ccccc4C3)sc2c1. The second-order valence-electron chi connectivity index (χ2n) is 8.00. The molecule has 1 aliphatic rings. The first-order chi connectivity index (χ1) is 15.7. The smallest absolute Gasteiger partial charge is 0.251 e. The third-order valence-corrected chi connectivity index (χ3v) is 6.97. The van der Waals surface area contributed by atoms with E-state index >= 15 is 0 Å². The molecule has 1 amide bonds. The van der Waals surface area contributed by atoms with Gasteiger partial charge in [0.25, 0.3) is 5.91 Å². The Morgan fingerprint density at radius 3 is 2.75 bits per heavy atom. The molecule has 0 saturated heterocycles. The van der Waals surface area contributed by atoms with Gasteiger partial charge in [-0.25, -0.2) is 9.97 Å². The number of para-hydroxylation sites is 2. The number of fused-ring (bicyclic) bond motifs is 3. The van der Waals surface area contributed by atoms with Crippen LogP contribution in [0.5, 0.6) is 0 Å². The zero-order valence-electron chi connectivity index (χ0n) is 17.3. The van der Waals surface area contributed by atoms with Gasteiger partial charge >= 0.3 is 0 Å². The fraction of sp³-hybridized carbons (Fsp3) is 0.160. The number of hydrogen-bond donors (Lipinski definition) is 2. The summed E-state index contributed by atoms with van der Waals surface area (Å²) in [6, 6.07) is 22.1. The topological polar surface area (TPSA) is 73.9 Å². The Hall–Kier alpha value is -3.71. The van der Waals surface area contributed by atoms with Crippen molar-refractivity contribution in [2.24, 2.45) is 0 Å². The number of amides is 1. The van der Waals surface area contributed by atoms with E-state index in [4.69, 9.17) is 4.98 Å². The number of aromatic nitrogens is 3. The number of carbonyl (C=O) groups is 1.